The molecule has 0 saturated carbocycles. The molecule has 0 nitrogen and oxygen atoms in total. The average molecular weight is 212 g/mol. The maximum Gasteiger partial charge on any atom is 0.0210 e. The Kier molecular flexibility index (Phi) is 3.13. The molecule has 0 bridgehead atoms. The molecule has 0 unspecified atom stereocenters. The first-order valence-corrected chi connectivity index (χ1v) is 4.76. The van der Waals surface area contributed by atoms with Gasteiger partial charge in [-0.05, 0) is 36.1 Å². The maximum absolute atomic E-state index is 3.53. The average Bonchev–Trinajstić information content (AvgIpc) is 2.04. The van der Waals surface area contributed by atoms with Gasteiger partial charge in [-0.3, -0.25) is 0 Å². The Morgan fingerprint density at radius 2 is 2.09 bits per heavy atom. The summed E-state index contributed by atoms with van der Waals surface area (Å²) in [6, 6.07) is 7.28. The molecule has 0 spiro atoms. The highest BCUT2D eigenvalue weighted by atomic mass is 79.9. The van der Waals surface area contributed by atoms with Gasteiger partial charge >= 0.3 is 0 Å². The fourth-order valence-corrected chi connectivity index (χ4v) is 1.90. The van der Waals surface area contributed by atoms with Crippen molar-refractivity contribution in [1.82, 2.24) is 0 Å². The van der Waals surface area contributed by atoms with Gasteiger partial charge in [0.25, 0.3) is 0 Å². The first-order valence-electron chi connectivity index (χ1n) is 3.97. The van der Waals surface area contributed by atoms with Gasteiger partial charge in [-0.2, -0.15) is 0 Å². The highest BCUT2D eigenvalue weighted by molar-refractivity contribution is 9.10. The van der Waals surface area contributed by atoms with Crippen LogP contribution in [0.15, 0.2) is 16.6 Å². The highest BCUT2D eigenvalue weighted by Gasteiger charge is 2.01. The Morgan fingerprint density at radius 1 is 1.36 bits per heavy atom. The summed E-state index contributed by atoms with van der Waals surface area (Å²) in [5.74, 6) is 0. The van der Waals surface area contributed by atoms with Crippen molar-refractivity contribution >= 4 is 15.9 Å². The van der Waals surface area contributed by atoms with E-state index in [1.165, 1.54) is 15.6 Å². The lowest BCUT2D eigenvalue weighted by atomic mass is 10.0. The minimum absolute atomic E-state index is 1.07. The van der Waals surface area contributed by atoms with Crippen LogP contribution in [-0.4, -0.2) is 0 Å². The molecular weight excluding hydrogens is 200 g/mol. The Bertz CT molecular complexity index is 241. The highest BCUT2D eigenvalue weighted by Crippen LogP contribution is 2.20. The molecule has 0 N–H and O–H groups in total. The predicted octanol–water partition coefficient (Wildman–Crippen LogP) is 3.37. The van der Waals surface area contributed by atoms with Crippen molar-refractivity contribution in [3.05, 3.63) is 33.8 Å². The SMILES string of the molecule is CCc1[c]ccc(Br)c1CC. The quantitative estimate of drug-likeness (QED) is 0.704. The van der Waals surface area contributed by atoms with Gasteiger partial charge in [-0.1, -0.05) is 35.8 Å². The zero-order chi connectivity index (χ0) is 8.27. The van der Waals surface area contributed by atoms with Crippen LogP contribution in [0.4, 0.5) is 0 Å². The predicted molar refractivity (Wildman–Crippen MR) is 51.7 cm³/mol. The van der Waals surface area contributed by atoms with E-state index in [-0.39, 0.29) is 0 Å². The third-order valence-electron chi connectivity index (χ3n) is 1.85. The molecule has 0 aromatic heterocycles. The summed E-state index contributed by atoms with van der Waals surface area (Å²) in [7, 11) is 0. The molecule has 0 aliphatic heterocycles. The lowest BCUT2D eigenvalue weighted by molar-refractivity contribution is 1.03. The van der Waals surface area contributed by atoms with Crippen LogP contribution < -0.4 is 0 Å². The van der Waals surface area contributed by atoms with E-state index < -0.39 is 0 Å². The maximum atomic E-state index is 3.53. The van der Waals surface area contributed by atoms with E-state index in [9.17, 15) is 0 Å². The number of halogens is 1. The van der Waals surface area contributed by atoms with Crippen molar-refractivity contribution in [2.45, 2.75) is 26.7 Å². The lowest BCUT2D eigenvalue weighted by Crippen LogP contribution is -1.91. The number of hydrogen-bond donors (Lipinski definition) is 0. The molecule has 0 saturated heterocycles. The van der Waals surface area contributed by atoms with Crippen LogP contribution in [0.3, 0.4) is 0 Å². The molecule has 0 fully saturated rings. The fourth-order valence-electron chi connectivity index (χ4n) is 1.24. The summed E-state index contributed by atoms with van der Waals surface area (Å²) < 4.78 is 1.22. The van der Waals surface area contributed by atoms with Crippen LogP contribution in [0.25, 0.3) is 0 Å². The number of aryl methyl sites for hydroxylation is 1. The summed E-state index contributed by atoms with van der Waals surface area (Å²) in [6.45, 7) is 4.34. The third kappa shape index (κ3) is 1.84. The minimum Gasteiger partial charge on any atom is -0.0613 e. The summed E-state index contributed by atoms with van der Waals surface area (Å²) in [5, 5.41) is 0. The molecule has 1 heteroatoms. The molecule has 1 rings (SSSR count). The van der Waals surface area contributed by atoms with Gasteiger partial charge in [0.15, 0.2) is 0 Å². The Balaban J connectivity index is 3.13. The normalized spacial score (nSPS) is 10.1. The topological polar surface area (TPSA) is 0 Å². The molecule has 0 atom stereocenters. The van der Waals surface area contributed by atoms with Crippen molar-refractivity contribution in [2.75, 3.05) is 0 Å². The van der Waals surface area contributed by atoms with E-state index >= 15 is 0 Å². The number of hydrogen-bond acceptors (Lipinski definition) is 0. The summed E-state index contributed by atoms with van der Waals surface area (Å²) in [6.07, 6.45) is 2.16. The molecule has 0 amide bonds. The molecule has 0 aliphatic rings. The monoisotopic (exact) mass is 211 g/mol. The van der Waals surface area contributed by atoms with E-state index in [1.807, 2.05) is 6.07 Å². The van der Waals surface area contributed by atoms with Crippen LogP contribution in [-0.2, 0) is 12.8 Å². The molecule has 59 valence electrons. The molecule has 1 radical (unpaired) electrons. The smallest absolute Gasteiger partial charge is 0.0210 e. The second-order valence-corrected chi connectivity index (χ2v) is 3.34. The second-order valence-electron chi connectivity index (χ2n) is 2.49. The zero-order valence-corrected chi connectivity index (χ0v) is 8.53. The van der Waals surface area contributed by atoms with Crippen molar-refractivity contribution in [3.63, 3.8) is 0 Å². The Morgan fingerprint density at radius 3 is 2.55 bits per heavy atom. The largest absolute Gasteiger partial charge is 0.0613 e. The summed E-state index contributed by atoms with van der Waals surface area (Å²) in [5.41, 5.74) is 2.73. The van der Waals surface area contributed by atoms with Crippen LogP contribution in [0.5, 0.6) is 0 Å². The number of benzene rings is 1. The molecule has 11 heavy (non-hydrogen) atoms. The van der Waals surface area contributed by atoms with Crippen molar-refractivity contribution < 1.29 is 0 Å². The van der Waals surface area contributed by atoms with E-state index in [0.717, 1.165) is 12.8 Å². The van der Waals surface area contributed by atoms with E-state index in [1.54, 1.807) is 0 Å². The van der Waals surface area contributed by atoms with Gasteiger partial charge in [-0.15, -0.1) is 0 Å². The van der Waals surface area contributed by atoms with Gasteiger partial charge in [0.05, 0.1) is 0 Å². The minimum atomic E-state index is 1.07. The van der Waals surface area contributed by atoms with Crippen molar-refractivity contribution in [2.24, 2.45) is 0 Å². The van der Waals surface area contributed by atoms with Crippen LogP contribution in [0, 0.1) is 6.07 Å². The van der Waals surface area contributed by atoms with E-state index in [2.05, 4.69) is 41.9 Å². The van der Waals surface area contributed by atoms with Crippen LogP contribution in [0.1, 0.15) is 25.0 Å². The number of rotatable bonds is 2. The second kappa shape index (κ2) is 3.91. The van der Waals surface area contributed by atoms with Crippen molar-refractivity contribution in [1.29, 1.82) is 0 Å². The lowest BCUT2D eigenvalue weighted by Gasteiger charge is -2.06. The fraction of sp³-hybridized carbons (Fsp3) is 0.400. The first-order chi connectivity index (χ1) is 5.29. The molecule has 1 aromatic carbocycles. The van der Waals surface area contributed by atoms with Gasteiger partial charge < -0.3 is 0 Å². The van der Waals surface area contributed by atoms with Gasteiger partial charge in [0, 0.05) is 4.47 Å². The van der Waals surface area contributed by atoms with Gasteiger partial charge in [0.2, 0.25) is 0 Å². The van der Waals surface area contributed by atoms with Crippen LogP contribution >= 0.6 is 15.9 Å². The van der Waals surface area contributed by atoms with E-state index in [4.69, 9.17) is 0 Å². The standard InChI is InChI=1S/C10H12Br/c1-3-8-6-5-7-10(11)9(8)4-2/h5,7H,3-4H2,1-2H3. The molecule has 0 aliphatic carbocycles. The Hall–Kier alpha value is -0.300. The Labute approximate surface area is 76.8 Å². The van der Waals surface area contributed by atoms with Gasteiger partial charge in [0.1, 0.15) is 0 Å². The van der Waals surface area contributed by atoms with E-state index in [0.29, 0.717) is 0 Å². The summed E-state index contributed by atoms with van der Waals surface area (Å²) >= 11 is 3.53. The molecule has 0 heterocycles. The summed E-state index contributed by atoms with van der Waals surface area (Å²) in [4.78, 5) is 0. The van der Waals surface area contributed by atoms with Gasteiger partial charge in [-0.25, -0.2) is 0 Å². The molecule has 1 aromatic rings. The first kappa shape index (κ1) is 8.79. The van der Waals surface area contributed by atoms with Crippen LogP contribution in [0.2, 0.25) is 0 Å². The third-order valence-corrected chi connectivity index (χ3v) is 2.59. The molecular formula is C10H12Br. The van der Waals surface area contributed by atoms with Crippen molar-refractivity contribution in [3.8, 4) is 0 Å². The zero-order valence-electron chi connectivity index (χ0n) is 6.95.